The summed E-state index contributed by atoms with van der Waals surface area (Å²) in [5.74, 6) is -0.889. The average Bonchev–Trinajstić information content (AvgIpc) is 2.51. The Bertz CT molecular complexity index is 546. The topological polar surface area (TPSA) is 84.2 Å². The van der Waals surface area contributed by atoms with Crippen LogP contribution in [0.3, 0.4) is 0 Å². The van der Waals surface area contributed by atoms with Gasteiger partial charge in [-0.15, -0.1) is 0 Å². The molecule has 1 fully saturated rings. The largest absolute Gasteiger partial charge is 0.460 e. The summed E-state index contributed by atoms with van der Waals surface area (Å²) in [5, 5.41) is 20.9. The molecule has 1 aromatic rings. The molecule has 0 atom stereocenters. The molecule has 6 nitrogen and oxygen atoms in total. The maximum atomic E-state index is 13.6. The standard InChI is InChI=1S/C14H19F2N5O/c15-9-22-12-5-4-10(8-11(12)16)19-13(17)20-14(18)21-6-2-1-3-7-21/h4-5,8H,1-3,6-7,9H2,(H4,17,18,19,20). The van der Waals surface area contributed by atoms with Gasteiger partial charge in [0.15, 0.2) is 23.5 Å². The number of alkyl halides is 1. The van der Waals surface area contributed by atoms with Crippen molar-refractivity contribution in [2.45, 2.75) is 19.3 Å². The zero-order valence-electron chi connectivity index (χ0n) is 12.1. The van der Waals surface area contributed by atoms with Crippen LogP contribution in [0.2, 0.25) is 0 Å². The number of piperidine rings is 1. The summed E-state index contributed by atoms with van der Waals surface area (Å²) in [7, 11) is 0. The molecule has 0 aliphatic carbocycles. The number of ether oxygens (including phenoxy) is 1. The number of benzene rings is 1. The molecule has 8 heteroatoms. The van der Waals surface area contributed by atoms with E-state index in [1.165, 1.54) is 12.1 Å². The van der Waals surface area contributed by atoms with Crippen LogP contribution in [0.4, 0.5) is 14.5 Å². The first-order valence-electron chi connectivity index (χ1n) is 7.04. The van der Waals surface area contributed by atoms with Crippen LogP contribution in [-0.2, 0) is 0 Å². The Morgan fingerprint density at radius 3 is 2.59 bits per heavy atom. The van der Waals surface area contributed by atoms with Gasteiger partial charge in [-0.05, 0) is 31.4 Å². The van der Waals surface area contributed by atoms with E-state index >= 15 is 0 Å². The fourth-order valence-electron chi connectivity index (χ4n) is 2.24. The van der Waals surface area contributed by atoms with Crippen molar-refractivity contribution in [2.24, 2.45) is 0 Å². The molecule has 4 N–H and O–H groups in total. The summed E-state index contributed by atoms with van der Waals surface area (Å²) in [6.45, 7) is 0.486. The first-order chi connectivity index (χ1) is 10.6. The normalized spacial score (nSPS) is 14.4. The lowest BCUT2D eigenvalue weighted by Gasteiger charge is -2.29. The zero-order chi connectivity index (χ0) is 15.9. The molecule has 2 rings (SSSR count). The molecule has 0 bridgehead atoms. The monoisotopic (exact) mass is 311 g/mol. The van der Waals surface area contributed by atoms with E-state index in [0.29, 0.717) is 5.69 Å². The van der Waals surface area contributed by atoms with Crippen molar-refractivity contribution in [2.75, 3.05) is 25.3 Å². The molecule has 0 aromatic heterocycles. The fourth-order valence-corrected chi connectivity index (χ4v) is 2.24. The van der Waals surface area contributed by atoms with Crippen molar-refractivity contribution >= 4 is 17.6 Å². The van der Waals surface area contributed by atoms with Gasteiger partial charge in [-0.2, -0.15) is 0 Å². The highest BCUT2D eigenvalue weighted by Gasteiger charge is 2.14. The number of guanidine groups is 2. The Morgan fingerprint density at radius 1 is 1.23 bits per heavy atom. The van der Waals surface area contributed by atoms with E-state index in [9.17, 15) is 8.78 Å². The van der Waals surface area contributed by atoms with Gasteiger partial charge < -0.3 is 15.0 Å². The van der Waals surface area contributed by atoms with Crippen LogP contribution in [0.5, 0.6) is 5.75 Å². The third-order valence-corrected chi connectivity index (χ3v) is 3.33. The van der Waals surface area contributed by atoms with Gasteiger partial charge >= 0.3 is 0 Å². The number of hydrogen-bond acceptors (Lipinski definition) is 3. The van der Waals surface area contributed by atoms with E-state index in [2.05, 4.69) is 15.4 Å². The van der Waals surface area contributed by atoms with Gasteiger partial charge in [-0.1, -0.05) is 0 Å². The minimum atomic E-state index is -1.10. The van der Waals surface area contributed by atoms with E-state index in [1.54, 1.807) is 0 Å². The Labute approximate surface area is 127 Å². The number of anilines is 1. The number of rotatable bonds is 3. The van der Waals surface area contributed by atoms with Crippen LogP contribution in [0, 0.1) is 16.6 Å². The van der Waals surface area contributed by atoms with Gasteiger partial charge in [0.1, 0.15) is 0 Å². The van der Waals surface area contributed by atoms with Gasteiger partial charge in [0.2, 0.25) is 6.86 Å². The summed E-state index contributed by atoms with van der Waals surface area (Å²) >= 11 is 0. The van der Waals surface area contributed by atoms with Crippen LogP contribution >= 0.6 is 0 Å². The number of nitrogens with zero attached hydrogens (tertiary/aromatic N) is 1. The molecule has 0 amide bonds. The SMILES string of the molecule is N=C(NC(=N)N1CCCCC1)Nc1ccc(OCF)c(F)c1. The minimum absolute atomic E-state index is 0.130. The Hall–Kier alpha value is -2.38. The molecule has 1 aromatic carbocycles. The van der Waals surface area contributed by atoms with Crippen molar-refractivity contribution in [3.63, 3.8) is 0 Å². The summed E-state index contributed by atoms with van der Waals surface area (Å²) in [5.41, 5.74) is 0.313. The van der Waals surface area contributed by atoms with Crippen molar-refractivity contribution in [3.8, 4) is 5.75 Å². The lowest BCUT2D eigenvalue weighted by molar-refractivity contribution is 0.184. The van der Waals surface area contributed by atoms with Crippen LogP contribution in [0.15, 0.2) is 18.2 Å². The Kier molecular flexibility index (Phi) is 5.51. The molecule has 1 aliphatic rings. The summed E-state index contributed by atoms with van der Waals surface area (Å²) in [6.07, 6.45) is 3.23. The van der Waals surface area contributed by atoms with E-state index in [4.69, 9.17) is 10.8 Å². The van der Waals surface area contributed by atoms with Crippen LogP contribution < -0.4 is 15.4 Å². The van der Waals surface area contributed by atoms with Crippen molar-refractivity contribution in [1.82, 2.24) is 10.2 Å². The Morgan fingerprint density at radius 2 is 1.95 bits per heavy atom. The highest BCUT2D eigenvalue weighted by Crippen LogP contribution is 2.21. The van der Waals surface area contributed by atoms with Gasteiger partial charge in [-0.3, -0.25) is 16.1 Å². The molecule has 22 heavy (non-hydrogen) atoms. The molecular weight excluding hydrogens is 292 g/mol. The van der Waals surface area contributed by atoms with Gasteiger partial charge in [0.25, 0.3) is 0 Å². The zero-order valence-corrected chi connectivity index (χ0v) is 12.1. The lowest BCUT2D eigenvalue weighted by atomic mass is 10.1. The maximum absolute atomic E-state index is 13.6. The van der Waals surface area contributed by atoms with Crippen LogP contribution in [-0.4, -0.2) is 36.8 Å². The van der Waals surface area contributed by atoms with E-state index in [1.807, 2.05) is 4.90 Å². The van der Waals surface area contributed by atoms with Crippen LogP contribution in [0.25, 0.3) is 0 Å². The third kappa shape index (κ3) is 4.31. The first kappa shape index (κ1) is 16.0. The molecular formula is C14H19F2N5O. The predicted octanol–water partition coefficient (Wildman–Crippen LogP) is 2.49. The van der Waals surface area contributed by atoms with Crippen molar-refractivity contribution in [1.29, 1.82) is 10.8 Å². The molecule has 120 valence electrons. The second-order valence-electron chi connectivity index (χ2n) is 4.92. The molecule has 0 unspecified atom stereocenters. The average molecular weight is 311 g/mol. The number of halogens is 2. The highest BCUT2D eigenvalue weighted by atomic mass is 19.1. The molecule has 0 spiro atoms. The van der Waals surface area contributed by atoms with Crippen molar-refractivity contribution in [3.05, 3.63) is 24.0 Å². The van der Waals surface area contributed by atoms with Crippen molar-refractivity contribution < 1.29 is 13.5 Å². The van der Waals surface area contributed by atoms with E-state index < -0.39 is 12.7 Å². The number of nitrogens with one attached hydrogen (secondary N) is 4. The number of hydrogen-bond donors (Lipinski definition) is 4. The first-order valence-corrected chi connectivity index (χ1v) is 7.04. The molecule has 0 radical (unpaired) electrons. The van der Waals surface area contributed by atoms with Gasteiger partial charge in [-0.25, -0.2) is 8.78 Å². The molecule has 0 saturated carbocycles. The molecule has 1 saturated heterocycles. The van der Waals surface area contributed by atoms with E-state index in [0.717, 1.165) is 38.4 Å². The van der Waals surface area contributed by atoms with Crippen LogP contribution in [0.1, 0.15) is 19.3 Å². The molecule has 1 aliphatic heterocycles. The maximum Gasteiger partial charge on any atom is 0.228 e. The molecule has 1 heterocycles. The second-order valence-corrected chi connectivity index (χ2v) is 4.92. The minimum Gasteiger partial charge on any atom is -0.460 e. The Balaban J connectivity index is 1.88. The quantitative estimate of drug-likeness (QED) is 0.510. The smallest absolute Gasteiger partial charge is 0.228 e. The summed E-state index contributed by atoms with van der Waals surface area (Å²) < 4.78 is 30.0. The third-order valence-electron chi connectivity index (χ3n) is 3.33. The lowest BCUT2D eigenvalue weighted by Crippen LogP contribution is -2.47. The van der Waals surface area contributed by atoms with Gasteiger partial charge in [0.05, 0.1) is 0 Å². The number of likely N-dealkylation sites (tertiary alicyclic amines) is 1. The van der Waals surface area contributed by atoms with E-state index in [-0.39, 0.29) is 17.7 Å². The summed E-state index contributed by atoms with van der Waals surface area (Å²) in [4.78, 5) is 1.86. The fraction of sp³-hybridized carbons (Fsp3) is 0.429. The van der Waals surface area contributed by atoms with Gasteiger partial charge in [0, 0.05) is 24.8 Å². The highest BCUT2D eigenvalue weighted by molar-refractivity contribution is 6.02. The summed E-state index contributed by atoms with van der Waals surface area (Å²) in [6, 6.07) is 3.85. The predicted molar refractivity (Wildman–Crippen MR) is 80.6 cm³/mol. The second kappa shape index (κ2) is 7.58.